The molecular weight excluding hydrogens is 320 g/mol. The van der Waals surface area contributed by atoms with Crippen LogP contribution < -0.4 is 4.74 Å². The fraction of sp³-hybridized carbons (Fsp3) is 0.263. The molecule has 0 unspecified atom stereocenters. The summed E-state index contributed by atoms with van der Waals surface area (Å²) in [7, 11) is 0. The Kier molecular flexibility index (Phi) is 4.17. The number of hydrogen-bond acceptors (Lipinski definition) is 4. The number of aromatic nitrogens is 1. The summed E-state index contributed by atoms with van der Waals surface area (Å²) in [6, 6.07) is 15.9. The van der Waals surface area contributed by atoms with Crippen LogP contribution in [-0.2, 0) is 11.2 Å². The lowest BCUT2D eigenvalue weighted by Crippen LogP contribution is -2.32. The van der Waals surface area contributed by atoms with Crippen molar-refractivity contribution in [2.75, 3.05) is 13.1 Å². The van der Waals surface area contributed by atoms with Gasteiger partial charge in [-0.2, -0.15) is 0 Å². The van der Waals surface area contributed by atoms with E-state index in [0.717, 1.165) is 28.7 Å². The van der Waals surface area contributed by atoms with Crippen molar-refractivity contribution in [3.63, 3.8) is 0 Å². The van der Waals surface area contributed by atoms with E-state index in [2.05, 4.69) is 4.98 Å². The summed E-state index contributed by atoms with van der Waals surface area (Å²) >= 11 is 1.63. The Morgan fingerprint density at radius 1 is 1.21 bits per heavy atom. The highest BCUT2D eigenvalue weighted by Gasteiger charge is 2.28. The van der Waals surface area contributed by atoms with Crippen molar-refractivity contribution in [1.82, 2.24) is 9.88 Å². The van der Waals surface area contributed by atoms with E-state index in [4.69, 9.17) is 4.74 Å². The van der Waals surface area contributed by atoms with Gasteiger partial charge in [0.1, 0.15) is 6.10 Å². The molecule has 24 heavy (non-hydrogen) atoms. The highest BCUT2D eigenvalue weighted by atomic mass is 32.1. The van der Waals surface area contributed by atoms with Gasteiger partial charge in [0.05, 0.1) is 18.5 Å². The van der Waals surface area contributed by atoms with Crippen LogP contribution in [0.5, 0.6) is 5.88 Å². The van der Waals surface area contributed by atoms with E-state index < -0.39 is 0 Å². The van der Waals surface area contributed by atoms with Gasteiger partial charge >= 0.3 is 0 Å². The average Bonchev–Trinajstić information content (AvgIpc) is 3.27. The molecule has 0 N–H and O–H groups in total. The molecule has 122 valence electrons. The number of carbonyl (C=O) groups excluding carboxylic acids is 1. The van der Waals surface area contributed by atoms with Crippen LogP contribution in [0.4, 0.5) is 0 Å². The van der Waals surface area contributed by atoms with Crippen molar-refractivity contribution < 1.29 is 9.53 Å². The van der Waals surface area contributed by atoms with E-state index in [1.807, 2.05) is 58.8 Å². The summed E-state index contributed by atoms with van der Waals surface area (Å²) < 4.78 is 6.00. The zero-order valence-corrected chi connectivity index (χ0v) is 14.0. The monoisotopic (exact) mass is 338 g/mol. The number of ether oxygens (including phenoxy) is 1. The second kappa shape index (κ2) is 6.61. The molecule has 0 spiro atoms. The number of carbonyl (C=O) groups is 1. The Labute approximate surface area is 144 Å². The van der Waals surface area contributed by atoms with Gasteiger partial charge in [0.2, 0.25) is 11.8 Å². The highest BCUT2D eigenvalue weighted by molar-refractivity contribution is 7.10. The first-order valence-corrected chi connectivity index (χ1v) is 8.98. The molecule has 0 radical (unpaired) electrons. The van der Waals surface area contributed by atoms with Crippen molar-refractivity contribution in [3.05, 3.63) is 58.8 Å². The van der Waals surface area contributed by atoms with Crippen molar-refractivity contribution in [3.8, 4) is 5.88 Å². The molecule has 4 rings (SSSR count). The fourth-order valence-corrected chi connectivity index (χ4v) is 3.70. The molecule has 1 amide bonds. The van der Waals surface area contributed by atoms with E-state index >= 15 is 0 Å². The number of rotatable bonds is 4. The summed E-state index contributed by atoms with van der Waals surface area (Å²) in [5.74, 6) is 0.807. The summed E-state index contributed by atoms with van der Waals surface area (Å²) in [5.41, 5.74) is 0.929. The summed E-state index contributed by atoms with van der Waals surface area (Å²) in [6.07, 6.45) is 1.36. The van der Waals surface area contributed by atoms with Crippen LogP contribution in [0.3, 0.4) is 0 Å². The van der Waals surface area contributed by atoms with Gasteiger partial charge in [0, 0.05) is 29.3 Å². The molecule has 3 aromatic rings. The molecular formula is C19H18N2O2S. The van der Waals surface area contributed by atoms with E-state index in [1.165, 1.54) is 0 Å². The predicted octanol–water partition coefficient (Wildman–Crippen LogP) is 3.52. The molecule has 1 aromatic carbocycles. The first-order valence-electron chi connectivity index (χ1n) is 8.10. The van der Waals surface area contributed by atoms with Crippen LogP contribution >= 0.6 is 11.3 Å². The minimum absolute atomic E-state index is 0.0194. The lowest BCUT2D eigenvalue weighted by molar-refractivity contribution is -0.129. The quantitative estimate of drug-likeness (QED) is 0.731. The number of pyridine rings is 1. The number of thiophene rings is 1. The number of amides is 1. The third-order valence-corrected chi connectivity index (χ3v) is 5.14. The SMILES string of the molecule is O=C(Cc1cccs1)N1CC[C@H](Oc2ccc3ccccc3n2)C1. The molecule has 3 heterocycles. The molecule has 1 saturated heterocycles. The third-order valence-electron chi connectivity index (χ3n) is 4.26. The second-order valence-electron chi connectivity index (χ2n) is 5.97. The maximum Gasteiger partial charge on any atom is 0.227 e. The van der Waals surface area contributed by atoms with E-state index in [9.17, 15) is 4.79 Å². The largest absolute Gasteiger partial charge is 0.472 e. The molecule has 1 aliphatic heterocycles. The number of para-hydroxylation sites is 1. The van der Waals surface area contributed by atoms with E-state index in [1.54, 1.807) is 11.3 Å². The Morgan fingerprint density at radius 2 is 2.12 bits per heavy atom. The molecule has 2 aromatic heterocycles. The fourth-order valence-electron chi connectivity index (χ4n) is 3.01. The van der Waals surface area contributed by atoms with Crippen LogP contribution in [0.15, 0.2) is 53.9 Å². The molecule has 1 atom stereocenters. The van der Waals surface area contributed by atoms with E-state index in [-0.39, 0.29) is 12.0 Å². The van der Waals surface area contributed by atoms with Gasteiger partial charge in [0.25, 0.3) is 0 Å². The van der Waals surface area contributed by atoms with Crippen LogP contribution in [-0.4, -0.2) is 35.0 Å². The van der Waals surface area contributed by atoms with Crippen molar-refractivity contribution in [2.24, 2.45) is 0 Å². The average molecular weight is 338 g/mol. The number of hydrogen-bond donors (Lipinski definition) is 0. The number of nitrogens with zero attached hydrogens (tertiary/aromatic N) is 2. The standard InChI is InChI=1S/C19H18N2O2S/c22-19(12-16-5-3-11-24-16)21-10-9-15(13-21)23-18-8-7-14-4-1-2-6-17(14)20-18/h1-8,11,15H,9-10,12-13H2/t15-/m0/s1. The van der Waals surface area contributed by atoms with Crippen LogP contribution in [0, 0.1) is 0 Å². The van der Waals surface area contributed by atoms with Gasteiger partial charge in [-0.1, -0.05) is 24.3 Å². The van der Waals surface area contributed by atoms with Crippen molar-refractivity contribution in [2.45, 2.75) is 18.9 Å². The summed E-state index contributed by atoms with van der Waals surface area (Å²) in [5, 5.41) is 3.10. The Bertz CT molecular complexity index is 847. The minimum atomic E-state index is 0.0194. The molecule has 0 saturated carbocycles. The van der Waals surface area contributed by atoms with Crippen LogP contribution in [0.2, 0.25) is 0 Å². The molecule has 1 fully saturated rings. The maximum absolute atomic E-state index is 12.3. The normalized spacial score (nSPS) is 17.3. The summed E-state index contributed by atoms with van der Waals surface area (Å²) in [4.78, 5) is 19.9. The molecule has 0 aliphatic carbocycles. The zero-order chi connectivity index (χ0) is 16.4. The highest BCUT2D eigenvalue weighted by Crippen LogP contribution is 2.21. The minimum Gasteiger partial charge on any atom is -0.472 e. The lowest BCUT2D eigenvalue weighted by atomic mass is 10.2. The van der Waals surface area contributed by atoms with Gasteiger partial charge in [-0.25, -0.2) is 4.98 Å². The Hall–Kier alpha value is -2.40. The number of likely N-dealkylation sites (tertiary alicyclic amines) is 1. The zero-order valence-electron chi connectivity index (χ0n) is 13.2. The molecule has 0 bridgehead atoms. The molecule has 5 heteroatoms. The van der Waals surface area contributed by atoms with Gasteiger partial charge < -0.3 is 9.64 Å². The van der Waals surface area contributed by atoms with Crippen LogP contribution in [0.1, 0.15) is 11.3 Å². The molecule has 4 nitrogen and oxygen atoms in total. The van der Waals surface area contributed by atoms with Crippen molar-refractivity contribution >= 4 is 28.1 Å². The summed E-state index contributed by atoms with van der Waals surface area (Å²) in [6.45, 7) is 1.39. The van der Waals surface area contributed by atoms with E-state index in [0.29, 0.717) is 18.8 Å². The Balaban J connectivity index is 1.38. The predicted molar refractivity (Wildman–Crippen MR) is 95.4 cm³/mol. The smallest absolute Gasteiger partial charge is 0.227 e. The number of benzene rings is 1. The number of fused-ring (bicyclic) bond motifs is 1. The first kappa shape index (κ1) is 15.1. The van der Waals surface area contributed by atoms with Crippen LogP contribution in [0.25, 0.3) is 10.9 Å². The second-order valence-corrected chi connectivity index (χ2v) is 7.00. The van der Waals surface area contributed by atoms with Crippen molar-refractivity contribution in [1.29, 1.82) is 0 Å². The lowest BCUT2D eigenvalue weighted by Gasteiger charge is -2.16. The third kappa shape index (κ3) is 3.26. The maximum atomic E-state index is 12.3. The van der Waals surface area contributed by atoms with Gasteiger partial charge in [-0.05, 0) is 23.6 Å². The van der Waals surface area contributed by atoms with Gasteiger partial charge in [-0.15, -0.1) is 11.3 Å². The van der Waals surface area contributed by atoms with Gasteiger partial charge in [0.15, 0.2) is 0 Å². The Morgan fingerprint density at radius 3 is 3.00 bits per heavy atom. The molecule has 1 aliphatic rings. The topological polar surface area (TPSA) is 42.4 Å². The van der Waals surface area contributed by atoms with Gasteiger partial charge in [-0.3, -0.25) is 4.79 Å². The first-order chi connectivity index (χ1) is 11.8.